The number of ether oxygens (including phenoxy) is 2. The Morgan fingerprint density at radius 1 is 0.524 bits per heavy atom. The van der Waals surface area contributed by atoms with Crippen LogP contribution in [0.15, 0.2) is 103 Å². The van der Waals surface area contributed by atoms with Gasteiger partial charge >= 0.3 is 0 Å². The summed E-state index contributed by atoms with van der Waals surface area (Å²) in [4.78, 5) is 9.52. The summed E-state index contributed by atoms with van der Waals surface area (Å²) in [6, 6.07) is 33.5. The smallest absolute Gasteiger partial charge is 0.119 e. The number of nitrogens with zero attached hydrogens (tertiary/aromatic N) is 3. The van der Waals surface area contributed by atoms with Crippen LogP contribution >= 0.6 is 0 Å². The minimum Gasteiger partial charge on any atom is -0.492 e. The third-order valence-electron chi connectivity index (χ3n) is 7.66. The Morgan fingerprint density at radius 3 is 1.40 bits per heavy atom. The zero-order valence-electron chi connectivity index (χ0n) is 25.6. The van der Waals surface area contributed by atoms with E-state index in [1.807, 2.05) is 24.4 Å². The first kappa shape index (κ1) is 31.0. The molecule has 4 rings (SSSR count). The number of aromatic nitrogens is 1. The highest BCUT2D eigenvalue weighted by atomic mass is 16.5. The van der Waals surface area contributed by atoms with Crippen LogP contribution in [0.25, 0.3) is 11.1 Å². The third-order valence-corrected chi connectivity index (χ3v) is 7.66. The maximum Gasteiger partial charge on any atom is 0.119 e. The molecule has 0 aliphatic rings. The van der Waals surface area contributed by atoms with Gasteiger partial charge in [0.15, 0.2) is 0 Å². The number of likely N-dealkylation sites (N-methyl/N-ethyl adjacent to an activating group) is 2. The van der Waals surface area contributed by atoms with E-state index in [1.165, 1.54) is 0 Å². The van der Waals surface area contributed by atoms with Gasteiger partial charge < -0.3 is 19.3 Å². The van der Waals surface area contributed by atoms with E-state index < -0.39 is 0 Å². The number of rotatable bonds is 16. The predicted octanol–water partition coefficient (Wildman–Crippen LogP) is 7.53. The van der Waals surface area contributed by atoms with Gasteiger partial charge in [-0.3, -0.25) is 4.98 Å². The summed E-state index contributed by atoms with van der Waals surface area (Å²) in [6.45, 7) is 16.0. The molecule has 0 aliphatic heterocycles. The number of benzene rings is 3. The molecule has 5 heteroatoms. The first-order chi connectivity index (χ1) is 20.7. The highest BCUT2D eigenvalue weighted by molar-refractivity contribution is 6.03. The van der Waals surface area contributed by atoms with Crippen molar-refractivity contribution in [1.29, 1.82) is 0 Å². The predicted molar refractivity (Wildman–Crippen MR) is 175 cm³/mol. The van der Waals surface area contributed by atoms with Crippen molar-refractivity contribution in [3.63, 3.8) is 0 Å². The van der Waals surface area contributed by atoms with Crippen molar-refractivity contribution < 1.29 is 9.47 Å². The van der Waals surface area contributed by atoms with E-state index in [1.54, 1.807) is 0 Å². The number of hydrogen-bond donors (Lipinski definition) is 0. The van der Waals surface area contributed by atoms with Crippen LogP contribution in [0.2, 0.25) is 0 Å². The minimum absolute atomic E-state index is 0.669. The maximum atomic E-state index is 6.11. The van der Waals surface area contributed by atoms with Crippen molar-refractivity contribution >= 4 is 11.1 Å². The molecule has 0 saturated carbocycles. The summed E-state index contributed by atoms with van der Waals surface area (Å²) in [6.07, 6.45) is 1.86. The number of hydrogen-bond acceptors (Lipinski definition) is 5. The Bertz CT molecular complexity index is 1240. The molecule has 220 valence electrons. The molecule has 0 unspecified atom stereocenters. The zero-order valence-corrected chi connectivity index (χ0v) is 25.6. The van der Waals surface area contributed by atoms with Crippen molar-refractivity contribution in [2.45, 2.75) is 27.7 Å². The summed E-state index contributed by atoms with van der Waals surface area (Å²) in [5.41, 5.74) is 6.45. The van der Waals surface area contributed by atoms with Crippen molar-refractivity contribution in [1.82, 2.24) is 14.8 Å². The molecule has 0 atom stereocenters. The lowest BCUT2D eigenvalue weighted by Gasteiger charge is -2.20. The standard InChI is InChI=1S/C37H45N3O2/c1-5-39(6-2)26-28-41-33-21-17-31(18-22-33)36(32-19-23-34(24-20-32)42-29-27-40(7-3)8-4)37(30-14-10-9-11-15-30)35-16-12-13-25-38-35/h9-25H,5-8,26-29H2,1-4H3. The first-order valence-electron chi connectivity index (χ1n) is 15.3. The Morgan fingerprint density at radius 2 is 0.976 bits per heavy atom. The molecule has 0 spiro atoms. The molecule has 0 aliphatic carbocycles. The highest BCUT2D eigenvalue weighted by Gasteiger charge is 2.17. The van der Waals surface area contributed by atoms with Gasteiger partial charge in [-0.15, -0.1) is 0 Å². The summed E-state index contributed by atoms with van der Waals surface area (Å²) in [7, 11) is 0. The minimum atomic E-state index is 0.669. The van der Waals surface area contributed by atoms with E-state index in [2.05, 4.69) is 116 Å². The van der Waals surface area contributed by atoms with Gasteiger partial charge in [-0.2, -0.15) is 0 Å². The van der Waals surface area contributed by atoms with Crippen molar-refractivity contribution in [2.24, 2.45) is 0 Å². The lowest BCUT2D eigenvalue weighted by molar-refractivity contribution is 0.223. The van der Waals surface area contributed by atoms with Crippen LogP contribution in [-0.4, -0.2) is 67.3 Å². The highest BCUT2D eigenvalue weighted by Crippen LogP contribution is 2.37. The Kier molecular flexibility index (Phi) is 12.2. The molecule has 0 saturated heterocycles. The zero-order chi connectivity index (χ0) is 29.6. The van der Waals surface area contributed by atoms with Gasteiger partial charge in [0.05, 0.1) is 5.69 Å². The van der Waals surface area contributed by atoms with Crippen LogP contribution in [0.5, 0.6) is 11.5 Å². The molecule has 4 aromatic rings. The average molecular weight is 564 g/mol. The molecule has 5 nitrogen and oxygen atoms in total. The largest absolute Gasteiger partial charge is 0.492 e. The van der Waals surface area contributed by atoms with Gasteiger partial charge in [0, 0.05) is 24.9 Å². The quantitative estimate of drug-likeness (QED) is 0.132. The normalized spacial score (nSPS) is 11.1. The maximum absolute atomic E-state index is 6.11. The fourth-order valence-electron chi connectivity index (χ4n) is 5.09. The molecule has 3 aromatic carbocycles. The molecule has 0 amide bonds. The van der Waals surface area contributed by atoms with Crippen molar-refractivity contribution in [2.75, 3.05) is 52.5 Å². The van der Waals surface area contributed by atoms with Gasteiger partial charge in [0.2, 0.25) is 0 Å². The summed E-state index contributed by atoms with van der Waals surface area (Å²) in [5.74, 6) is 1.75. The van der Waals surface area contributed by atoms with E-state index in [4.69, 9.17) is 14.5 Å². The van der Waals surface area contributed by atoms with Crippen molar-refractivity contribution in [3.05, 3.63) is 126 Å². The van der Waals surface area contributed by atoms with E-state index in [0.29, 0.717) is 13.2 Å². The lowest BCUT2D eigenvalue weighted by atomic mass is 9.87. The van der Waals surface area contributed by atoms with E-state index >= 15 is 0 Å². The van der Waals surface area contributed by atoms with E-state index in [0.717, 1.165) is 84.3 Å². The van der Waals surface area contributed by atoms with Gasteiger partial charge in [-0.25, -0.2) is 0 Å². The van der Waals surface area contributed by atoms with E-state index in [9.17, 15) is 0 Å². The van der Waals surface area contributed by atoms with Crippen LogP contribution in [-0.2, 0) is 0 Å². The Balaban J connectivity index is 1.70. The molecular weight excluding hydrogens is 518 g/mol. The van der Waals surface area contributed by atoms with Crippen LogP contribution in [0, 0.1) is 0 Å². The average Bonchev–Trinajstić information content (AvgIpc) is 3.05. The van der Waals surface area contributed by atoms with Gasteiger partial charge in [0.1, 0.15) is 24.7 Å². The molecular formula is C37H45N3O2. The van der Waals surface area contributed by atoms with Gasteiger partial charge in [0.25, 0.3) is 0 Å². The lowest BCUT2D eigenvalue weighted by Crippen LogP contribution is -2.27. The summed E-state index contributed by atoms with van der Waals surface area (Å²) >= 11 is 0. The summed E-state index contributed by atoms with van der Waals surface area (Å²) < 4.78 is 12.2. The summed E-state index contributed by atoms with van der Waals surface area (Å²) in [5, 5.41) is 0. The molecule has 0 radical (unpaired) electrons. The fourth-order valence-corrected chi connectivity index (χ4v) is 5.09. The third kappa shape index (κ3) is 8.54. The van der Waals surface area contributed by atoms with Gasteiger partial charge in [-0.1, -0.05) is 88.4 Å². The second-order valence-electron chi connectivity index (χ2n) is 10.1. The molecule has 0 N–H and O–H groups in total. The topological polar surface area (TPSA) is 37.8 Å². The number of pyridine rings is 1. The van der Waals surface area contributed by atoms with Gasteiger partial charge in [-0.05, 0) is 84.8 Å². The molecule has 1 heterocycles. The fraction of sp³-hybridized carbons (Fsp3) is 0.324. The first-order valence-corrected chi connectivity index (χ1v) is 15.3. The second kappa shape index (κ2) is 16.5. The van der Waals surface area contributed by atoms with E-state index in [-0.39, 0.29) is 0 Å². The Labute approximate surface area is 252 Å². The van der Waals surface area contributed by atoms with Crippen LogP contribution in [0.3, 0.4) is 0 Å². The van der Waals surface area contributed by atoms with Crippen LogP contribution in [0.4, 0.5) is 0 Å². The SMILES string of the molecule is CCN(CC)CCOc1ccc(C(=C(c2ccccc2)c2ccccn2)c2ccc(OCCN(CC)CC)cc2)cc1. The monoisotopic (exact) mass is 563 g/mol. The molecule has 0 fully saturated rings. The second-order valence-corrected chi connectivity index (χ2v) is 10.1. The molecule has 42 heavy (non-hydrogen) atoms. The molecule has 1 aromatic heterocycles. The van der Waals surface area contributed by atoms with Crippen LogP contribution in [0.1, 0.15) is 50.1 Å². The Hall–Kier alpha value is -3.93. The van der Waals surface area contributed by atoms with Crippen LogP contribution < -0.4 is 9.47 Å². The molecule has 0 bridgehead atoms. The van der Waals surface area contributed by atoms with Crippen molar-refractivity contribution in [3.8, 4) is 11.5 Å².